The molecule has 0 spiro atoms. The second-order valence-corrected chi connectivity index (χ2v) is 5.53. The molecule has 0 saturated carbocycles. The SMILES string of the molecule is CC1CCN(C(N)=NCc2ccc3c(c2)OCO3)CC1.I. The molecule has 116 valence electrons. The molecule has 6 heteroatoms. The zero-order valence-corrected chi connectivity index (χ0v) is 14.6. The van der Waals surface area contributed by atoms with Crippen molar-refractivity contribution in [3.8, 4) is 11.5 Å². The number of nitrogens with zero attached hydrogens (tertiary/aromatic N) is 2. The van der Waals surface area contributed by atoms with Crippen LogP contribution < -0.4 is 15.2 Å². The zero-order valence-electron chi connectivity index (χ0n) is 12.2. The largest absolute Gasteiger partial charge is 0.454 e. The summed E-state index contributed by atoms with van der Waals surface area (Å²) in [5, 5.41) is 0. The van der Waals surface area contributed by atoms with E-state index in [1.54, 1.807) is 0 Å². The fraction of sp³-hybridized carbons (Fsp3) is 0.533. The number of rotatable bonds is 2. The van der Waals surface area contributed by atoms with Crippen LogP contribution in [0.4, 0.5) is 0 Å². The van der Waals surface area contributed by atoms with E-state index in [1.807, 2.05) is 18.2 Å². The van der Waals surface area contributed by atoms with Gasteiger partial charge in [-0.2, -0.15) is 0 Å². The minimum absolute atomic E-state index is 0. The molecule has 0 radical (unpaired) electrons. The van der Waals surface area contributed by atoms with E-state index in [9.17, 15) is 0 Å². The van der Waals surface area contributed by atoms with Crippen LogP contribution in [0.25, 0.3) is 0 Å². The molecule has 0 aromatic heterocycles. The van der Waals surface area contributed by atoms with Crippen molar-refractivity contribution in [3.05, 3.63) is 23.8 Å². The molecule has 2 heterocycles. The van der Waals surface area contributed by atoms with Crippen molar-refractivity contribution in [1.29, 1.82) is 0 Å². The van der Waals surface area contributed by atoms with Crippen LogP contribution in [-0.4, -0.2) is 30.7 Å². The number of benzene rings is 1. The van der Waals surface area contributed by atoms with Crippen LogP contribution in [0.2, 0.25) is 0 Å². The van der Waals surface area contributed by atoms with E-state index in [2.05, 4.69) is 16.8 Å². The average molecular weight is 403 g/mol. The molecule has 0 unspecified atom stereocenters. The highest BCUT2D eigenvalue weighted by molar-refractivity contribution is 14.0. The van der Waals surface area contributed by atoms with Crippen molar-refractivity contribution in [1.82, 2.24) is 4.90 Å². The molecule has 2 aliphatic heterocycles. The Balaban J connectivity index is 0.00000161. The summed E-state index contributed by atoms with van der Waals surface area (Å²) < 4.78 is 10.7. The first-order valence-corrected chi connectivity index (χ1v) is 7.16. The summed E-state index contributed by atoms with van der Waals surface area (Å²) >= 11 is 0. The summed E-state index contributed by atoms with van der Waals surface area (Å²) in [5.41, 5.74) is 7.16. The van der Waals surface area contributed by atoms with Gasteiger partial charge in [0.05, 0.1) is 6.54 Å². The molecule has 1 fully saturated rings. The molecule has 0 bridgehead atoms. The number of fused-ring (bicyclic) bond motifs is 1. The number of aliphatic imine (C=N–C) groups is 1. The number of nitrogens with two attached hydrogens (primary N) is 1. The minimum atomic E-state index is 0. The molecule has 1 aromatic carbocycles. The highest BCUT2D eigenvalue weighted by Gasteiger charge is 2.17. The van der Waals surface area contributed by atoms with E-state index in [1.165, 1.54) is 12.8 Å². The van der Waals surface area contributed by atoms with Crippen molar-refractivity contribution in [2.45, 2.75) is 26.3 Å². The van der Waals surface area contributed by atoms with Crippen molar-refractivity contribution in [2.75, 3.05) is 19.9 Å². The van der Waals surface area contributed by atoms with E-state index >= 15 is 0 Å². The van der Waals surface area contributed by atoms with E-state index in [-0.39, 0.29) is 24.0 Å². The fourth-order valence-corrected chi connectivity index (χ4v) is 2.55. The molecule has 1 aromatic rings. The molecule has 21 heavy (non-hydrogen) atoms. The third-order valence-electron chi connectivity index (χ3n) is 3.97. The lowest BCUT2D eigenvalue weighted by atomic mass is 10.00. The Morgan fingerprint density at radius 3 is 2.76 bits per heavy atom. The summed E-state index contributed by atoms with van der Waals surface area (Å²) in [6.45, 7) is 5.19. The summed E-state index contributed by atoms with van der Waals surface area (Å²) in [6, 6.07) is 5.89. The number of likely N-dealkylation sites (tertiary alicyclic amines) is 1. The van der Waals surface area contributed by atoms with Gasteiger partial charge in [0, 0.05) is 13.1 Å². The Labute approximate surface area is 142 Å². The molecule has 3 rings (SSSR count). The molecular formula is C15H22IN3O2. The molecule has 1 saturated heterocycles. The Kier molecular flexibility index (Phi) is 5.55. The van der Waals surface area contributed by atoms with Gasteiger partial charge in [-0.3, -0.25) is 0 Å². The van der Waals surface area contributed by atoms with Crippen molar-refractivity contribution in [2.24, 2.45) is 16.6 Å². The molecule has 2 N–H and O–H groups in total. The van der Waals surface area contributed by atoms with Gasteiger partial charge in [0.25, 0.3) is 0 Å². The second kappa shape index (κ2) is 7.20. The average Bonchev–Trinajstić information content (AvgIpc) is 2.93. The quantitative estimate of drug-likeness (QED) is 0.469. The summed E-state index contributed by atoms with van der Waals surface area (Å²) in [5.74, 6) is 3.04. The Morgan fingerprint density at radius 2 is 2.00 bits per heavy atom. The van der Waals surface area contributed by atoms with Crippen LogP contribution in [-0.2, 0) is 6.54 Å². The first-order valence-electron chi connectivity index (χ1n) is 7.16. The first-order chi connectivity index (χ1) is 9.72. The highest BCUT2D eigenvalue weighted by atomic mass is 127. The first kappa shape index (κ1) is 16.2. The van der Waals surface area contributed by atoms with Gasteiger partial charge in [-0.1, -0.05) is 13.0 Å². The topological polar surface area (TPSA) is 60.1 Å². The van der Waals surface area contributed by atoms with E-state index in [0.29, 0.717) is 19.3 Å². The van der Waals surface area contributed by atoms with E-state index in [0.717, 1.165) is 36.1 Å². The van der Waals surface area contributed by atoms with E-state index in [4.69, 9.17) is 15.2 Å². The second-order valence-electron chi connectivity index (χ2n) is 5.53. The smallest absolute Gasteiger partial charge is 0.231 e. The maximum atomic E-state index is 6.07. The predicted octanol–water partition coefficient (Wildman–Crippen LogP) is 2.58. The number of piperidine rings is 1. The normalized spacial score (nSPS) is 18.5. The molecule has 0 aliphatic carbocycles. The van der Waals surface area contributed by atoms with Crippen LogP contribution >= 0.6 is 24.0 Å². The Bertz CT molecular complexity index is 514. The number of hydrogen-bond donors (Lipinski definition) is 1. The maximum absolute atomic E-state index is 6.07. The van der Waals surface area contributed by atoms with Crippen molar-refractivity contribution < 1.29 is 9.47 Å². The van der Waals surface area contributed by atoms with Crippen LogP contribution in [0.15, 0.2) is 23.2 Å². The van der Waals surface area contributed by atoms with Gasteiger partial charge >= 0.3 is 0 Å². The number of ether oxygens (including phenoxy) is 2. The Hall–Kier alpha value is -1.18. The molecule has 2 aliphatic rings. The monoisotopic (exact) mass is 403 g/mol. The van der Waals surface area contributed by atoms with Crippen LogP contribution in [0.1, 0.15) is 25.3 Å². The van der Waals surface area contributed by atoms with Crippen molar-refractivity contribution in [3.63, 3.8) is 0 Å². The minimum Gasteiger partial charge on any atom is -0.454 e. The van der Waals surface area contributed by atoms with Gasteiger partial charge < -0.3 is 20.1 Å². The number of guanidine groups is 1. The highest BCUT2D eigenvalue weighted by Crippen LogP contribution is 2.32. The van der Waals surface area contributed by atoms with Gasteiger partial charge in [-0.05, 0) is 36.5 Å². The lowest BCUT2D eigenvalue weighted by molar-refractivity contribution is 0.174. The third kappa shape index (κ3) is 3.93. The van der Waals surface area contributed by atoms with Crippen LogP contribution in [0.5, 0.6) is 11.5 Å². The van der Waals surface area contributed by atoms with Crippen LogP contribution in [0.3, 0.4) is 0 Å². The third-order valence-corrected chi connectivity index (χ3v) is 3.97. The van der Waals surface area contributed by atoms with Crippen LogP contribution in [0, 0.1) is 5.92 Å². The summed E-state index contributed by atoms with van der Waals surface area (Å²) in [6.07, 6.45) is 2.39. The van der Waals surface area contributed by atoms with Gasteiger partial charge in [0.15, 0.2) is 17.5 Å². The van der Waals surface area contributed by atoms with Crippen molar-refractivity contribution >= 4 is 29.9 Å². The van der Waals surface area contributed by atoms with Gasteiger partial charge in [-0.15, -0.1) is 24.0 Å². The number of hydrogen-bond acceptors (Lipinski definition) is 3. The lowest BCUT2D eigenvalue weighted by Gasteiger charge is -2.31. The van der Waals surface area contributed by atoms with E-state index < -0.39 is 0 Å². The van der Waals surface area contributed by atoms with Gasteiger partial charge in [-0.25, -0.2) is 4.99 Å². The maximum Gasteiger partial charge on any atom is 0.231 e. The molecular weight excluding hydrogens is 381 g/mol. The molecule has 0 atom stereocenters. The molecule has 0 amide bonds. The molecule has 5 nitrogen and oxygen atoms in total. The fourth-order valence-electron chi connectivity index (χ4n) is 2.55. The predicted molar refractivity (Wildman–Crippen MR) is 93.3 cm³/mol. The van der Waals surface area contributed by atoms with Gasteiger partial charge in [0.2, 0.25) is 6.79 Å². The van der Waals surface area contributed by atoms with Gasteiger partial charge in [0.1, 0.15) is 0 Å². The number of halogens is 1. The summed E-state index contributed by atoms with van der Waals surface area (Å²) in [4.78, 5) is 6.67. The standard InChI is InChI=1S/C15H21N3O2.HI/c1-11-4-6-18(7-5-11)15(16)17-9-12-2-3-13-14(8-12)20-10-19-13;/h2-3,8,11H,4-7,9-10H2,1H3,(H2,16,17);1H. The Morgan fingerprint density at radius 1 is 1.29 bits per heavy atom. The zero-order chi connectivity index (χ0) is 13.9. The lowest BCUT2D eigenvalue weighted by Crippen LogP contribution is -2.42. The summed E-state index contributed by atoms with van der Waals surface area (Å²) in [7, 11) is 0.